The first-order valence-corrected chi connectivity index (χ1v) is 19.3. The van der Waals surface area contributed by atoms with E-state index in [1.165, 1.54) is 7.11 Å². The van der Waals surface area contributed by atoms with Crippen LogP contribution in [0.3, 0.4) is 0 Å². The Bertz CT molecular complexity index is 2030. The number of hydrogen-bond acceptors (Lipinski definition) is 7. The van der Waals surface area contributed by atoms with Crippen LogP contribution < -0.4 is 16.0 Å². The number of aromatic nitrogens is 4. The number of amides is 4. The molecule has 4 aromatic rings. The number of halogens is 2. The Morgan fingerprint density at radius 3 is 2.04 bits per heavy atom. The van der Waals surface area contributed by atoms with Crippen molar-refractivity contribution in [2.45, 2.75) is 70.4 Å². The summed E-state index contributed by atoms with van der Waals surface area (Å²) in [5, 5.41) is 7.48. The molecule has 7 rings (SSSR count). The second kappa shape index (κ2) is 16.6. The largest absolute Gasteiger partial charge is 0.453 e. The SMILES string of the molecule is COC(=O)NC(C(=O)N1CCC[C@H]1c1ncc(-c2ccc(-c3ccc(-c4cnc([C@@H]5C6CCC(C6)[C@H]5C(=O)NCC(=O)NCC(F)F)[nH]4)cc3)cc2)[nH]1)C(C)C. The number of H-pyrrole nitrogens is 2. The molecule has 3 fully saturated rings. The van der Waals surface area contributed by atoms with Gasteiger partial charge in [-0.3, -0.25) is 14.4 Å². The van der Waals surface area contributed by atoms with Gasteiger partial charge in [0.15, 0.2) is 0 Å². The Morgan fingerprint density at radius 1 is 0.839 bits per heavy atom. The second-order valence-electron chi connectivity index (χ2n) is 15.4. The average Bonchev–Trinajstić information content (AvgIpc) is 4.06. The highest BCUT2D eigenvalue weighted by Crippen LogP contribution is 2.56. The Hall–Kier alpha value is -5.60. The summed E-state index contributed by atoms with van der Waals surface area (Å²) in [5.41, 5.74) is 5.67. The van der Waals surface area contributed by atoms with Gasteiger partial charge in [0.25, 0.3) is 6.43 Å². The topological polar surface area (TPSA) is 174 Å². The molecule has 1 aliphatic heterocycles. The van der Waals surface area contributed by atoms with Crippen LogP contribution in [0.1, 0.15) is 69.6 Å². The third-order valence-corrected chi connectivity index (χ3v) is 11.6. The van der Waals surface area contributed by atoms with Crippen molar-refractivity contribution in [2.24, 2.45) is 23.7 Å². The van der Waals surface area contributed by atoms with Crippen molar-refractivity contribution in [3.63, 3.8) is 0 Å². The predicted molar refractivity (Wildman–Crippen MR) is 204 cm³/mol. The van der Waals surface area contributed by atoms with Crippen LogP contribution in [0.4, 0.5) is 13.6 Å². The molecule has 3 aliphatic rings. The van der Waals surface area contributed by atoms with Crippen LogP contribution in [0.25, 0.3) is 33.6 Å². The highest BCUT2D eigenvalue weighted by molar-refractivity contribution is 5.87. The third-order valence-electron chi connectivity index (χ3n) is 11.6. The lowest BCUT2D eigenvalue weighted by Gasteiger charge is -2.30. The lowest BCUT2D eigenvalue weighted by atomic mass is 9.78. The molecule has 2 aromatic heterocycles. The lowest BCUT2D eigenvalue weighted by molar-refractivity contribution is -0.135. The van der Waals surface area contributed by atoms with Gasteiger partial charge >= 0.3 is 6.09 Å². The number of methoxy groups -OCH3 is 1. The minimum Gasteiger partial charge on any atom is -0.453 e. The fourth-order valence-corrected chi connectivity index (χ4v) is 8.78. The summed E-state index contributed by atoms with van der Waals surface area (Å²) >= 11 is 0. The van der Waals surface area contributed by atoms with Gasteiger partial charge in [0.05, 0.1) is 55.9 Å². The third kappa shape index (κ3) is 8.17. The summed E-state index contributed by atoms with van der Waals surface area (Å²) in [4.78, 5) is 68.7. The molecule has 13 nitrogen and oxygen atoms in total. The van der Waals surface area contributed by atoms with Crippen LogP contribution in [0.15, 0.2) is 60.9 Å². The number of ether oxygens (including phenoxy) is 1. The number of likely N-dealkylation sites (tertiary alicyclic amines) is 1. The molecule has 2 aromatic carbocycles. The molecular weight excluding hydrogens is 722 g/mol. The van der Waals surface area contributed by atoms with E-state index >= 15 is 0 Å². The van der Waals surface area contributed by atoms with Crippen molar-refractivity contribution < 1.29 is 32.7 Å². The van der Waals surface area contributed by atoms with E-state index in [0.29, 0.717) is 18.3 Å². The number of rotatable bonds is 13. The molecule has 0 spiro atoms. The quantitative estimate of drug-likeness (QED) is 0.114. The van der Waals surface area contributed by atoms with Gasteiger partial charge in [-0.05, 0) is 72.1 Å². The first kappa shape index (κ1) is 38.7. The van der Waals surface area contributed by atoms with Crippen molar-refractivity contribution in [1.29, 1.82) is 0 Å². The van der Waals surface area contributed by atoms with E-state index in [2.05, 4.69) is 55.2 Å². The molecule has 0 radical (unpaired) electrons. The number of imidazole rings is 2. The standard InChI is InChI=1S/C41H48F2N8O5/c1-22(2)36(50-41(55)56-3)40(54)51-16-4-5-31(51)37-45-18-29(48-37)25-10-6-23(7-11-25)24-8-12-26(13-9-24)30-19-46-38(49-30)34-27-14-15-28(17-27)35(34)39(53)47-21-33(52)44-20-32(42)43/h6-13,18-19,22,27-28,31-32,34-36H,4-5,14-17,20-21H2,1-3H3,(H,44,52)(H,45,48)(H,46,49)(H,47,53)(H,50,55)/t27?,28?,31-,34+,35+,36?/m0/s1. The molecule has 5 N–H and O–H groups in total. The van der Waals surface area contributed by atoms with Crippen LogP contribution in [0.5, 0.6) is 0 Å². The molecule has 56 heavy (non-hydrogen) atoms. The highest BCUT2D eigenvalue weighted by atomic mass is 19.3. The molecule has 4 amide bonds. The lowest BCUT2D eigenvalue weighted by Crippen LogP contribution is -2.51. The number of carbonyl (C=O) groups is 4. The van der Waals surface area contributed by atoms with E-state index < -0.39 is 31.0 Å². The van der Waals surface area contributed by atoms with Crippen LogP contribution in [-0.2, 0) is 19.1 Å². The van der Waals surface area contributed by atoms with E-state index in [1.807, 2.05) is 38.1 Å². The van der Waals surface area contributed by atoms with Gasteiger partial charge in [0.2, 0.25) is 17.7 Å². The summed E-state index contributed by atoms with van der Waals surface area (Å²) in [7, 11) is 1.28. The molecule has 3 unspecified atom stereocenters. The number of fused-ring (bicyclic) bond motifs is 2. The summed E-state index contributed by atoms with van der Waals surface area (Å²) in [6, 6.07) is 15.4. The number of benzene rings is 2. The summed E-state index contributed by atoms with van der Waals surface area (Å²) in [5.74, 6) is 0.366. The molecule has 2 aliphatic carbocycles. The smallest absolute Gasteiger partial charge is 0.407 e. The summed E-state index contributed by atoms with van der Waals surface area (Å²) in [6.07, 6.45) is 4.77. The monoisotopic (exact) mass is 770 g/mol. The first-order valence-electron chi connectivity index (χ1n) is 19.3. The Labute approximate surface area is 323 Å². The molecule has 15 heteroatoms. The van der Waals surface area contributed by atoms with Crippen molar-refractivity contribution in [1.82, 2.24) is 40.8 Å². The average molecular weight is 771 g/mol. The van der Waals surface area contributed by atoms with Crippen LogP contribution >= 0.6 is 0 Å². The number of alkyl carbamates (subject to hydrolysis) is 1. The minimum atomic E-state index is -2.65. The number of nitrogens with zero attached hydrogens (tertiary/aromatic N) is 3. The van der Waals surface area contributed by atoms with Gasteiger partial charge in [-0.15, -0.1) is 0 Å². The van der Waals surface area contributed by atoms with Gasteiger partial charge in [-0.2, -0.15) is 0 Å². The minimum absolute atomic E-state index is 0.109. The number of hydrogen-bond donors (Lipinski definition) is 5. The van der Waals surface area contributed by atoms with Crippen molar-refractivity contribution in [2.75, 3.05) is 26.7 Å². The van der Waals surface area contributed by atoms with E-state index in [9.17, 15) is 28.0 Å². The van der Waals surface area contributed by atoms with Crippen molar-refractivity contribution in [3.8, 4) is 33.6 Å². The fourth-order valence-electron chi connectivity index (χ4n) is 8.78. The van der Waals surface area contributed by atoms with Gasteiger partial charge in [-0.25, -0.2) is 23.5 Å². The highest BCUT2D eigenvalue weighted by Gasteiger charge is 2.52. The van der Waals surface area contributed by atoms with E-state index in [0.717, 1.165) is 71.6 Å². The number of nitrogens with one attached hydrogen (secondary N) is 5. The number of aromatic amines is 2. The molecule has 296 valence electrons. The number of alkyl halides is 2. The van der Waals surface area contributed by atoms with E-state index in [-0.39, 0.29) is 48.1 Å². The second-order valence-corrected chi connectivity index (χ2v) is 15.4. The Balaban J connectivity index is 0.986. The zero-order valence-corrected chi connectivity index (χ0v) is 31.7. The molecule has 6 atom stereocenters. The maximum atomic E-state index is 13.5. The van der Waals surface area contributed by atoms with E-state index in [1.54, 1.807) is 17.3 Å². The van der Waals surface area contributed by atoms with Gasteiger partial charge in [0.1, 0.15) is 17.7 Å². The van der Waals surface area contributed by atoms with Crippen molar-refractivity contribution in [3.05, 3.63) is 72.6 Å². The van der Waals surface area contributed by atoms with E-state index in [4.69, 9.17) is 9.72 Å². The maximum Gasteiger partial charge on any atom is 0.407 e. The molecular formula is C41H48F2N8O5. The molecule has 3 heterocycles. The fraction of sp³-hybridized carbons (Fsp3) is 0.463. The van der Waals surface area contributed by atoms with Gasteiger partial charge < -0.3 is 35.6 Å². The van der Waals surface area contributed by atoms with Crippen LogP contribution in [0.2, 0.25) is 0 Å². The Morgan fingerprint density at radius 2 is 1.43 bits per heavy atom. The van der Waals surface area contributed by atoms with Crippen LogP contribution in [0, 0.1) is 23.7 Å². The maximum absolute atomic E-state index is 13.5. The first-order chi connectivity index (χ1) is 27.0. The van der Waals surface area contributed by atoms with Gasteiger partial charge in [0, 0.05) is 12.5 Å². The molecule has 2 saturated carbocycles. The van der Waals surface area contributed by atoms with Crippen LogP contribution in [-0.4, -0.2) is 87.9 Å². The molecule has 2 bridgehead atoms. The summed E-state index contributed by atoms with van der Waals surface area (Å²) in [6.45, 7) is 3.29. The Kier molecular flexibility index (Phi) is 11.5. The normalized spacial score (nSPS) is 22.1. The molecule has 1 saturated heterocycles. The number of carbonyl (C=O) groups excluding carboxylic acids is 4. The zero-order chi connectivity index (χ0) is 39.5. The predicted octanol–water partition coefficient (Wildman–Crippen LogP) is 5.81. The zero-order valence-electron chi connectivity index (χ0n) is 31.7. The summed E-state index contributed by atoms with van der Waals surface area (Å²) < 4.78 is 29.7. The van der Waals surface area contributed by atoms with Crippen molar-refractivity contribution >= 4 is 23.8 Å². The van der Waals surface area contributed by atoms with Gasteiger partial charge in [-0.1, -0.05) is 62.4 Å².